The average molecular weight is 396 g/mol. The molecule has 2 heterocycles. The van der Waals surface area contributed by atoms with Gasteiger partial charge in [0, 0.05) is 5.56 Å². The van der Waals surface area contributed by atoms with Crippen LogP contribution in [0.4, 0.5) is 17.6 Å². The molecule has 0 atom stereocenters. The molecule has 0 saturated carbocycles. The maximum absolute atomic E-state index is 14.3. The van der Waals surface area contributed by atoms with Gasteiger partial charge in [0.25, 0.3) is 0 Å². The molecule has 0 amide bonds. The molecule has 3 nitrogen and oxygen atoms in total. The van der Waals surface area contributed by atoms with E-state index in [1.165, 1.54) is 0 Å². The van der Waals surface area contributed by atoms with Gasteiger partial charge in [-0.2, -0.15) is 13.2 Å². The molecule has 1 aliphatic rings. The molecule has 2 rings (SSSR count). The molecule has 0 bridgehead atoms. The van der Waals surface area contributed by atoms with Gasteiger partial charge in [-0.3, -0.25) is 0 Å². The number of alkyl halides is 3. The van der Waals surface area contributed by atoms with Gasteiger partial charge in [0.1, 0.15) is 16.0 Å². The molecule has 126 valence electrons. The molecule has 1 aliphatic heterocycles. The Hall–Kier alpha value is -0.925. The van der Waals surface area contributed by atoms with Crippen LogP contribution in [-0.2, 0) is 15.5 Å². The van der Waals surface area contributed by atoms with Crippen LogP contribution in [0, 0.1) is 0 Å². The van der Waals surface area contributed by atoms with Crippen LogP contribution in [0.3, 0.4) is 0 Å². The zero-order valence-electron chi connectivity index (χ0n) is 13.0. The molecular weight excluding hydrogens is 381 g/mol. The highest BCUT2D eigenvalue weighted by Crippen LogP contribution is 2.39. The summed E-state index contributed by atoms with van der Waals surface area (Å²) in [6, 6.07) is 1.92. The molecule has 1 fully saturated rings. The lowest BCUT2D eigenvalue weighted by molar-refractivity contribution is -0.141. The first-order chi connectivity index (χ1) is 10.3. The maximum Gasteiger partial charge on any atom is 0.525 e. The van der Waals surface area contributed by atoms with Gasteiger partial charge in [-0.15, -0.1) is 0 Å². The number of hydrogen-bond acceptors (Lipinski definition) is 3. The lowest BCUT2D eigenvalue weighted by Crippen LogP contribution is -2.41. The summed E-state index contributed by atoms with van der Waals surface area (Å²) in [7, 11) is -1.21. The normalized spacial score (nSPS) is 20.9. The van der Waals surface area contributed by atoms with Crippen molar-refractivity contribution < 1.29 is 26.9 Å². The highest BCUT2D eigenvalue weighted by Gasteiger charge is 2.53. The second-order valence-corrected chi connectivity index (χ2v) is 6.94. The van der Waals surface area contributed by atoms with Crippen LogP contribution in [0.15, 0.2) is 22.5 Å². The predicted octanol–water partition coefficient (Wildman–Crippen LogP) is 4.80. The third-order valence-electron chi connectivity index (χ3n) is 3.94. The Morgan fingerprint density at radius 1 is 1.17 bits per heavy atom. The first-order valence-corrected chi connectivity index (χ1v) is 7.59. The van der Waals surface area contributed by atoms with E-state index >= 15 is 0 Å². The highest BCUT2D eigenvalue weighted by molar-refractivity contribution is 9.10. The molecular formula is C14H15BBrF4NO2. The van der Waals surface area contributed by atoms with Crippen molar-refractivity contribution in [2.75, 3.05) is 0 Å². The fourth-order valence-corrected chi connectivity index (χ4v) is 2.32. The molecule has 0 aromatic carbocycles. The average Bonchev–Trinajstić information content (AvgIpc) is 2.59. The molecule has 23 heavy (non-hydrogen) atoms. The summed E-state index contributed by atoms with van der Waals surface area (Å²) in [5, 5.41) is 0. The summed E-state index contributed by atoms with van der Waals surface area (Å²) in [5.41, 5.74) is -3.06. The Labute approximate surface area is 140 Å². The largest absolute Gasteiger partial charge is 0.525 e. The number of rotatable bonds is 2. The van der Waals surface area contributed by atoms with E-state index in [0.29, 0.717) is 0 Å². The van der Waals surface area contributed by atoms with Crippen LogP contribution < -0.4 is 0 Å². The van der Waals surface area contributed by atoms with Gasteiger partial charge in [0.2, 0.25) is 0 Å². The smallest absolute Gasteiger partial charge is 0.398 e. The lowest BCUT2D eigenvalue weighted by Gasteiger charge is -2.32. The Morgan fingerprint density at radius 3 is 2.13 bits per heavy atom. The standard InChI is InChI=1S/C14H15BBrF4NO2/c1-12(2)13(3,4)23-15(22-12)10(17)7-8-5-6-9(14(18,19)20)21-11(8)16/h5-7H,1-4H3. The first-order valence-electron chi connectivity index (χ1n) is 6.80. The van der Waals surface area contributed by atoms with Gasteiger partial charge in [0.15, 0.2) is 0 Å². The zero-order valence-corrected chi connectivity index (χ0v) is 14.5. The van der Waals surface area contributed by atoms with Crippen molar-refractivity contribution in [2.24, 2.45) is 0 Å². The van der Waals surface area contributed by atoms with Crippen molar-refractivity contribution >= 4 is 29.1 Å². The topological polar surface area (TPSA) is 31.4 Å². The Morgan fingerprint density at radius 2 is 1.70 bits per heavy atom. The van der Waals surface area contributed by atoms with Crippen LogP contribution in [0.1, 0.15) is 39.0 Å². The molecule has 1 aromatic rings. The van der Waals surface area contributed by atoms with Crippen molar-refractivity contribution in [1.29, 1.82) is 0 Å². The summed E-state index contributed by atoms with van der Waals surface area (Å²) in [4.78, 5) is 3.38. The van der Waals surface area contributed by atoms with Crippen molar-refractivity contribution in [1.82, 2.24) is 4.98 Å². The molecule has 9 heteroatoms. The number of aromatic nitrogens is 1. The minimum Gasteiger partial charge on any atom is -0.398 e. The summed E-state index contributed by atoms with van der Waals surface area (Å²) >= 11 is 2.92. The van der Waals surface area contributed by atoms with E-state index in [9.17, 15) is 17.6 Å². The molecule has 0 unspecified atom stereocenters. The molecule has 1 saturated heterocycles. The second-order valence-electron chi connectivity index (χ2n) is 6.19. The number of nitrogens with zero attached hydrogens (tertiary/aromatic N) is 1. The minimum atomic E-state index is -4.56. The van der Waals surface area contributed by atoms with Crippen molar-refractivity contribution in [2.45, 2.75) is 45.1 Å². The zero-order chi connectivity index (χ0) is 17.6. The van der Waals surface area contributed by atoms with E-state index in [4.69, 9.17) is 9.31 Å². The van der Waals surface area contributed by atoms with E-state index in [0.717, 1.165) is 18.2 Å². The fraction of sp³-hybridized carbons (Fsp3) is 0.500. The third kappa shape index (κ3) is 3.77. The molecule has 1 aromatic heterocycles. The maximum atomic E-state index is 14.3. The van der Waals surface area contributed by atoms with Crippen molar-refractivity contribution in [3.05, 3.63) is 33.7 Å². The molecule has 0 aliphatic carbocycles. The number of halogens is 5. The van der Waals surface area contributed by atoms with E-state index in [-0.39, 0.29) is 10.2 Å². The summed E-state index contributed by atoms with van der Waals surface area (Å²) < 4.78 is 63.0. The lowest BCUT2D eigenvalue weighted by atomic mass is 9.87. The molecule has 0 N–H and O–H groups in total. The Balaban J connectivity index is 2.26. The van der Waals surface area contributed by atoms with Crippen molar-refractivity contribution in [3.63, 3.8) is 0 Å². The van der Waals surface area contributed by atoms with E-state index in [2.05, 4.69) is 20.9 Å². The minimum absolute atomic E-state index is 0.112. The van der Waals surface area contributed by atoms with Crippen LogP contribution in [0.2, 0.25) is 0 Å². The van der Waals surface area contributed by atoms with E-state index < -0.39 is 35.9 Å². The predicted molar refractivity (Wildman–Crippen MR) is 82.1 cm³/mol. The van der Waals surface area contributed by atoms with E-state index in [1.807, 2.05) is 0 Å². The number of hydrogen-bond donors (Lipinski definition) is 0. The van der Waals surface area contributed by atoms with Gasteiger partial charge in [-0.1, -0.05) is 6.07 Å². The Kier molecular flexibility index (Phi) is 4.69. The van der Waals surface area contributed by atoms with Gasteiger partial charge in [-0.25, -0.2) is 9.37 Å². The SMILES string of the molecule is CC1(C)OB(C(F)=Cc2ccc(C(F)(F)F)nc2Br)OC1(C)C. The first kappa shape index (κ1) is 18.4. The monoisotopic (exact) mass is 395 g/mol. The second kappa shape index (κ2) is 5.86. The summed E-state index contributed by atoms with van der Waals surface area (Å²) in [5.74, 6) is 0. The van der Waals surface area contributed by atoms with E-state index in [1.54, 1.807) is 27.7 Å². The number of pyridine rings is 1. The Bertz CT molecular complexity index is 630. The van der Waals surface area contributed by atoms with Crippen LogP contribution in [-0.4, -0.2) is 23.3 Å². The van der Waals surface area contributed by atoms with Crippen LogP contribution >= 0.6 is 15.9 Å². The van der Waals surface area contributed by atoms with Gasteiger partial charge in [0.05, 0.1) is 11.2 Å². The fourth-order valence-electron chi connectivity index (χ4n) is 1.88. The highest BCUT2D eigenvalue weighted by atomic mass is 79.9. The third-order valence-corrected chi connectivity index (χ3v) is 4.57. The van der Waals surface area contributed by atoms with Gasteiger partial charge >= 0.3 is 13.3 Å². The molecule has 0 spiro atoms. The van der Waals surface area contributed by atoms with Gasteiger partial charge in [-0.05, 0) is 55.8 Å². The van der Waals surface area contributed by atoms with Gasteiger partial charge < -0.3 is 9.31 Å². The van der Waals surface area contributed by atoms with Crippen LogP contribution in [0.25, 0.3) is 6.08 Å². The van der Waals surface area contributed by atoms with Crippen molar-refractivity contribution in [3.8, 4) is 0 Å². The van der Waals surface area contributed by atoms with Crippen LogP contribution in [0.5, 0.6) is 0 Å². The quantitative estimate of drug-likeness (QED) is 0.409. The molecule has 0 radical (unpaired) electrons. The summed E-state index contributed by atoms with van der Waals surface area (Å²) in [6.45, 7) is 7.09. The summed E-state index contributed by atoms with van der Waals surface area (Å²) in [6.07, 6.45) is -3.52.